The number of hydrogen-bond acceptors (Lipinski definition) is 13. The Morgan fingerprint density at radius 1 is 0.529 bits per heavy atom. The van der Waals surface area contributed by atoms with Crippen LogP contribution in [0.5, 0.6) is 0 Å². The molecule has 6 saturated heterocycles. The number of amides is 4. The van der Waals surface area contributed by atoms with E-state index in [1.807, 2.05) is 0 Å². The van der Waals surface area contributed by atoms with E-state index in [1.165, 1.54) is 9.80 Å². The van der Waals surface area contributed by atoms with Gasteiger partial charge in [0.2, 0.25) is 5.91 Å². The molecule has 6 fully saturated rings. The molecule has 0 aromatic heterocycles. The molecule has 6 heterocycles. The Morgan fingerprint density at radius 3 is 1.39 bits per heavy atom. The Morgan fingerprint density at radius 2 is 0.961 bits per heavy atom. The number of aliphatic carboxylic acids is 1. The van der Waals surface area contributed by atoms with Gasteiger partial charge in [0.05, 0.1) is 18.2 Å². The summed E-state index contributed by atoms with van der Waals surface area (Å²) in [6.45, 7) is -0.621. The van der Waals surface area contributed by atoms with E-state index in [9.17, 15) is 64.5 Å². The SMILES string of the molecule is O=C(O)[C@H]1CCI(C(=O)[C@@H]2CC(O)CN2C(=O)C2CC(O)CN2C(=O)[C@@H]2CC(O)CN2C(=O)[C@@H]2CC(O)CN2C(=O)C2CC(O)CN2)CC(O)C1. The van der Waals surface area contributed by atoms with Crippen LogP contribution in [-0.2, 0) is 28.8 Å². The number of carbonyl (C=O) groups excluding carboxylic acids is 5. The van der Waals surface area contributed by atoms with Gasteiger partial charge in [0.15, 0.2) is 0 Å². The molecule has 6 aliphatic rings. The number of halogens is 1. The Balaban J connectivity index is 1.17. The number of nitrogens with zero attached hydrogens (tertiary/aromatic N) is 4. The van der Waals surface area contributed by atoms with Crippen LogP contribution in [0.25, 0.3) is 0 Å². The van der Waals surface area contributed by atoms with E-state index in [1.54, 1.807) is 0 Å². The van der Waals surface area contributed by atoms with E-state index in [4.69, 9.17) is 0 Å². The third-order valence-corrected chi connectivity index (χ3v) is 17.2. The second-order valence-electron chi connectivity index (χ2n) is 14.8. The summed E-state index contributed by atoms with van der Waals surface area (Å²) in [6.07, 6.45) is -6.04. The third-order valence-electron chi connectivity index (χ3n) is 11.0. The Bertz CT molecular complexity index is 1410. The van der Waals surface area contributed by atoms with Gasteiger partial charge in [0, 0.05) is 13.1 Å². The second kappa shape index (κ2) is 15.4. The van der Waals surface area contributed by atoms with Crippen molar-refractivity contribution in [1.29, 1.82) is 0 Å². The van der Waals surface area contributed by atoms with Crippen molar-refractivity contribution < 1.29 is 64.5 Å². The van der Waals surface area contributed by atoms with Crippen LogP contribution < -0.4 is 5.32 Å². The first-order valence-corrected chi connectivity index (χ1v) is 21.7. The molecule has 4 amide bonds. The van der Waals surface area contributed by atoms with E-state index in [0.717, 1.165) is 9.80 Å². The van der Waals surface area contributed by atoms with Gasteiger partial charge in [-0.1, -0.05) is 0 Å². The van der Waals surface area contributed by atoms with Gasteiger partial charge in [-0.25, -0.2) is 0 Å². The maximum atomic E-state index is 14.2. The summed E-state index contributed by atoms with van der Waals surface area (Å²) in [5.41, 5.74) is 0. The van der Waals surface area contributed by atoms with E-state index in [0.29, 0.717) is 4.43 Å². The molecular formula is C32H48IN5O13. The fourth-order valence-corrected chi connectivity index (χ4v) is 14.6. The number of aliphatic hydroxyl groups excluding tert-OH is 6. The Hall–Kier alpha value is -2.53. The van der Waals surface area contributed by atoms with E-state index in [2.05, 4.69) is 5.32 Å². The number of carboxylic acids is 1. The summed E-state index contributed by atoms with van der Waals surface area (Å²) < 4.78 is 0.246. The molecule has 6 aliphatic heterocycles. The molecule has 0 aliphatic carbocycles. The van der Waals surface area contributed by atoms with Crippen LogP contribution in [0.2, 0.25) is 0 Å². The van der Waals surface area contributed by atoms with Crippen molar-refractivity contribution in [3.05, 3.63) is 0 Å². The summed E-state index contributed by atoms with van der Waals surface area (Å²) in [5, 5.41) is 75.2. The first-order chi connectivity index (χ1) is 24.1. The topological polar surface area (TPSA) is 269 Å². The Kier molecular flexibility index (Phi) is 11.6. The van der Waals surface area contributed by atoms with Crippen LogP contribution in [0.15, 0.2) is 0 Å². The zero-order valence-electron chi connectivity index (χ0n) is 28.1. The average molecular weight is 838 g/mol. The number of alkyl halides is 2. The summed E-state index contributed by atoms with van der Waals surface area (Å²) >= 11 is -2.67. The van der Waals surface area contributed by atoms with Gasteiger partial charge in [-0.3, -0.25) is 4.79 Å². The molecule has 12 atom stereocenters. The van der Waals surface area contributed by atoms with Crippen molar-refractivity contribution in [3.63, 3.8) is 0 Å². The first kappa shape index (κ1) is 38.2. The van der Waals surface area contributed by atoms with Crippen molar-refractivity contribution in [2.24, 2.45) is 5.92 Å². The quantitative estimate of drug-likeness (QED) is 0.0683. The van der Waals surface area contributed by atoms with E-state index >= 15 is 0 Å². The number of aliphatic hydroxyl groups is 6. The first-order valence-electron chi connectivity index (χ1n) is 17.5. The summed E-state index contributed by atoms with van der Waals surface area (Å²) in [4.78, 5) is 85.9. The van der Waals surface area contributed by atoms with Crippen LogP contribution in [0.1, 0.15) is 44.9 Å². The summed E-state index contributed by atoms with van der Waals surface area (Å²) in [6, 6.07) is -5.41. The van der Waals surface area contributed by atoms with Crippen LogP contribution in [-0.4, -0.2) is 197 Å². The molecule has 8 N–H and O–H groups in total. The average Bonchev–Trinajstić information content (AvgIpc) is 3.90. The van der Waals surface area contributed by atoms with Crippen molar-refractivity contribution in [2.75, 3.05) is 41.6 Å². The van der Waals surface area contributed by atoms with E-state index in [-0.39, 0.29) is 85.9 Å². The van der Waals surface area contributed by atoms with Crippen LogP contribution in [0, 0.1) is 5.92 Å². The normalized spacial score (nSPS) is 39.5. The van der Waals surface area contributed by atoms with Gasteiger partial charge in [-0.05, 0) is 6.42 Å². The zero-order valence-corrected chi connectivity index (χ0v) is 30.2. The minimum absolute atomic E-state index is 0.0382. The van der Waals surface area contributed by atoms with Gasteiger partial charge in [-0.15, -0.1) is 0 Å². The number of hydrogen-bond donors (Lipinski definition) is 8. The zero-order chi connectivity index (χ0) is 36.9. The number of likely N-dealkylation sites (tertiary alicyclic amines) is 4. The van der Waals surface area contributed by atoms with Crippen molar-refractivity contribution in [2.45, 2.75) is 112 Å². The van der Waals surface area contributed by atoms with Gasteiger partial charge in [-0.2, -0.15) is 0 Å². The van der Waals surface area contributed by atoms with Crippen molar-refractivity contribution in [3.8, 4) is 0 Å². The summed E-state index contributed by atoms with van der Waals surface area (Å²) in [7, 11) is 0. The van der Waals surface area contributed by atoms with E-state index < -0.39 is 122 Å². The molecule has 8 unspecified atom stereocenters. The van der Waals surface area contributed by atoms with Crippen LogP contribution in [0.4, 0.5) is 0 Å². The maximum absolute atomic E-state index is 14.2. The molecule has 0 radical (unpaired) electrons. The monoisotopic (exact) mass is 837 g/mol. The van der Waals surface area contributed by atoms with Gasteiger partial charge < -0.3 is 15.5 Å². The van der Waals surface area contributed by atoms with Crippen molar-refractivity contribution >= 4 is 53.2 Å². The number of carboxylic acid groups (broad SMARTS) is 1. The second-order valence-corrected chi connectivity index (χ2v) is 20.4. The molecule has 6 rings (SSSR count). The third kappa shape index (κ3) is 7.90. The fraction of sp³-hybridized carbons (Fsp3) is 0.812. The standard InChI is InChI=1S/C32H48IN5O13/c39-16-3-15(32(50)51)1-2-33(9-16)27(45)23-5-18(41)11-35(23)29(47)25-7-20(43)13-37(25)31(49)26-8-21(44)14-38(26)30(48)24-6-19(42)12-36(24)28(46)22-4-17(40)10-34-22/h15-26,34,39-44H,1-14H2,(H,50,51)/t15-,16?,17?,18?,19?,20?,21?,22?,23-,24-,25?,26-/m0/s1. The predicted octanol–water partition coefficient (Wildman–Crippen LogP) is -4.56. The molecule has 286 valence electrons. The molecule has 0 saturated carbocycles. The van der Waals surface area contributed by atoms with Gasteiger partial charge in [0.25, 0.3) is 0 Å². The minimum atomic E-state index is -2.67. The number of β-amino-alcohol motifs (C(OH)–C–C–N with tert-alkyl or cyclic N) is 5. The van der Waals surface area contributed by atoms with Gasteiger partial charge in [0.1, 0.15) is 0 Å². The molecule has 51 heavy (non-hydrogen) atoms. The molecule has 0 aromatic rings. The number of rotatable bonds is 7. The van der Waals surface area contributed by atoms with Gasteiger partial charge >= 0.3 is 238 Å². The number of nitrogens with one attached hydrogen (secondary N) is 1. The molecule has 18 nitrogen and oxygen atoms in total. The molecular weight excluding hydrogens is 789 g/mol. The van der Waals surface area contributed by atoms with Crippen LogP contribution >= 0.6 is 19.8 Å². The fourth-order valence-electron chi connectivity index (χ4n) is 8.46. The van der Waals surface area contributed by atoms with Crippen LogP contribution in [0.3, 0.4) is 0 Å². The molecule has 0 aromatic carbocycles. The molecule has 0 bridgehead atoms. The molecule has 0 spiro atoms. The van der Waals surface area contributed by atoms with Crippen molar-refractivity contribution in [1.82, 2.24) is 24.9 Å². The number of carbonyl (C=O) groups is 6. The summed E-state index contributed by atoms with van der Waals surface area (Å²) in [5.74, 6) is -4.33. The Labute approximate surface area is 301 Å². The predicted molar refractivity (Wildman–Crippen MR) is 182 cm³/mol. The molecule has 19 heteroatoms.